The van der Waals surface area contributed by atoms with Crippen molar-refractivity contribution in [3.8, 4) is 12.3 Å². The van der Waals surface area contributed by atoms with Crippen molar-refractivity contribution in [3.63, 3.8) is 0 Å². The van der Waals surface area contributed by atoms with E-state index >= 15 is 0 Å². The fourth-order valence-corrected chi connectivity index (χ4v) is 1.52. The normalized spacial score (nSPS) is 11.2. The fraction of sp³-hybridized carbons (Fsp3) is 0.556. The van der Waals surface area contributed by atoms with Crippen LogP contribution in [0.5, 0.6) is 0 Å². The van der Waals surface area contributed by atoms with Crippen LogP contribution in [0.1, 0.15) is 0 Å². The Bertz CT molecular complexity index is 278. The Labute approximate surface area is 98.3 Å². The molecular formula is C9H15N3O3S. The van der Waals surface area contributed by atoms with Crippen molar-refractivity contribution in [1.29, 1.82) is 0 Å². The molecule has 0 fully saturated rings. The predicted molar refractivity (Wildman–Crippen MR) is 63.2 cm³/mol. The molecule has 2 amide bonds. The molecule has 90 valence electrons. The second kappa shape index (κ2) is 8.88. The molecule has 1 atom stereocenters. The second-order valence-electron chi connectivity index (χ2n) is 2.83. The number of hydrogen-bond donors (Lipinski definition) is 4. The summed E-state index contributed by atoms with van der Waals surface area (Å²) in [5.74, 6) is 2.17. The Kier molecular flexibility index (Phi) is 8.11. The topological polar surface area (TPSA) is 104 Å². The highest BCUT2D eigenvalue weighted by atomic mass is 32.2. The zero-order valence-electron chi connectivity index (χ0n) is 8.73. The number of terminal acetylenes is 1. The number of urea groups is 1. The van der Waals surface area contributed by atoms with Gasteiger partial charge in [0.2, 0.25) is 0 Å². The summed E-state index contributed by atoms with van der Waals surface area (Å²) in [6.45, 7) is 0.621. The number of nitrogens with two attached hydrogens (primary N) is 1. The summed E-state index contributed by atoms with van der Waals surface area (Å²) in [5.41, 5.74) is 5.28. The summed E-state index contributed by atoms with van der Waals surface area (Å²) in [4.78, 5) is 21.3. The van der Waals surface area contributed by atoms with Gasteiger partial charge in [-0.1, -0.05) is 5.92 Å². The Morgan fingerprint density at radius 1 is 1.50 bits per heavy atom. The van der Waals surface area contributed by atoms with Crippen molar-refractivity contribution in [2.75, 3.05) is 24.6 Å². The van der Waals surface area contributed by atoms with Gasteiger partial charge in [0, 0.05) is 18.1 Å². The summed E-state index contributed by atoms with van der Waals surface area (Å²) in [6.07, 6.45) is 4.95. The molecule has 0 aliphatic rings. The smallest absolute Gasteiger partial charge is 0.321 e. The summed E-state index contributed by atoms with van der Waals surface area (Å²) < 4.78 is 0. The Morgan fingerprint density at radius 2 is 2.19 bits per heavy atom. The number of rotatable bonds is 7. The number of carboxylic acid groups (broad SMARTS) is 1. The third-order valence-corrected chi connectivity index (χ3v) is 2.59. The maximum absolute atomic E-state index is 11.0. The van der Waals surface area contributed by atoms with Crippen LogP contribution in [0, 0.1) is 12.3 Å². The van der Waals surface area contributed by atoms with E-state index in [2.05, 4.69) is 16.6 Å². The van der Waals surface area contributed by atoms with Crippen LogP contribution >= 0.6 is 11.8 Å². The van der Waals surface area contributed by atoms with Gasteiger partial charge in [-0.2, -0.15) is 11.8 Å². The molecule has 0 spiro atoms. The lowest BCUT2D eigenvalue weighted by Crippen LogP contribution is -2.37. The van der Waals surface area contributed by atoms with E-state index in [-0.39, 0.29) is 12.6 Å². The highest BCUT2D eigenvalue weighted by Crippen LogP contribution is 2.00. The Hall–Kier alpha value is -1.39. The summed E-state index contributed by atoms with van der Waals surface area (Å²) in [7, 11) is 0. The fourth-order valence-electron chi connectivity index (χ4n) is 0.712. The molecule has 0 saturated heterocycles. The van der Waals surface area contributed by atoms with Crippen LogP contribution in [0.25, 0.3) is 0 Å². The van der Waals surface area contributed by atoms with Gasteiger partial charge in [-0.25, -0.2) is 4.79 Å². The molecule has 0 unspecified atom stereocenters. The molecule has 5 N–H and O–H groups in total. The number of carbonyl (C=O) groups is 2. The van der Waals surface area contributed by atoms with E-state index < -0.39 is 12.0 Å². The van der Waals surface area contributed by atoms with Gasteiger partial charge in [-0.3, -0.25) is 4.79 Å². The molecule has 0 aromatic rings. The van der Waals surface area contributed by atoms with Crippen molar-refractivity contribution in [2.45, 2.75) is 6.04 Å². The number of carboxylic acids is 1. The highest BCUT2D eigenvalue weighted by Gasteiger charge is 2.10. The van der Waals surface area contributed by atoms with Crippen molar-refractivity contribution < 1.29 is 14.7 Å². The minimum Gasteiger partial charge on any atom is -0.480 e. The molecule has 0 rings (SSSR count). The summed E-state index contributed by atoms with van der Waals surface area (Å²) in [5, 5.41) is 13.5. The van der Waals surface area contributed by atoms with Gasteiger partial charge in [-0.05, 0) is 0 Å². The van der Waals surface area contributed by atoms with Gasteiger partial charge in [-0.15, -0.1) is 6.42 Å². The SMILES string of the molecule is C#CCNC(=O)NCCSC[C@H](N)C(=O)O. The van der Waals surface area contributed by atoms with Crippen LogP contribution in [-0.4, -0.2) is 47.7 Å². The third kappa shape index (κ3) is 7.96. The lowest BCUT2D eigenvalue weighted by molar-refractivity contribution is -0.137. The number of nitrogens with one attached hydrogen (secondary N) is 2. The predicted octanol–water partition coefficient (Wildman–Crippen LogP) is -0.936. The lowest BCUT2D eigenvalue weighted by Gasteiger charge is -2.07. The van der Waals surface area contributed by atoms with Crippen molar-refractivity contribution in [2.24, 2.45) is 5.73 Å². The second-order valence-corrected chi connectivity index (χ2v) is 3.98. The van der Waals surface area contributed by atoms with Crippen LogP contribution < -0.4 is 16.4 Å². The van der Waals surface area contributed by atoms with Gasteiger partial charge < -0.3 is 21.5 Å². The number of amides is 2. The van der Waals surface area contributed by atoms with E-state index in [9.17, 15) is 9.59 Å². The number of carbonyl (C=O) groups excluding carboxylic acids is 1. The van der Waals surface area contributed by atoms with Crippen LogP contribution in [0.15, 0.2) is 0 Å². The molecule has 0 aromatic heterocycles. The first-order valence-electron chi connectivity index (χ1n) is 4.59. The molecule has 0 bridgehead atoms. The van der Waals surface area contributed by atoms with Crippen LogP contribution in [-0.2, 0) is 4.79 Å². The molecule has 0 aromatic carbocycles. The lowest BCUT2D eigenvalue weighted by atomic mass is 10.4. The van der Waals surface area contributed by atoms with E-state index in [4.69, 9.17) is 17.3 Å². The first kappa shape index (κ1) is 14.6. The van der Waals surface area contributed by atoms with Gasteiger partial charge in [0.1, 0.15) is 6.04 Å². The minimum atomic E-state index is -1.02. The molecule has 16 heavy (non-hydrogen) atoms. The molecular weight excluding hydrogens is 230 g/mol. The monoisotopic (exact) mass is 245 g/mol. The zero-order chi connectivity index (χ0) is 12.4. The van der Waals surface area contributed by atoms with Crippen LogP contribution in [0.2, 0.25) is 0 Å². The Morgan fingerprint density at radius 3 is 2.75 bits per heavy atom. The molecule has 0 aliphatic heterocycles. The van der Waals surface area contributed by atoms with Crippen LogP contribution in [0.4, 0.5) is 4.79 Å². The maximum atomic E-state index is 11.0. The molecule has 0 heterocycles. The van der Waals surface area contributed by atoms with Gasteiger partial charge in [0.25, 0.3) is 0 Å². The minimum absolute atomic E-state index is 0.183. The molecule has 0 saturated carbocycles. The van der Waals surface area contributed by atoms with Crippen molar-refractivity contribution >= 4 is 23.8 Å². The molecule has 7 heteroatoms. The van der Waals surface area contributed by atoms with E-state index in [0.29, 0.717) is 18.1 Å². The summed E-state index contributed by atoms with van der Waals surface area (Å²) >= 11 is 1.37. The first-order valence-corrected chi connectivity index (χ1v) is 5.74. The average molecular weight is 245 g/mol. The van der Waals surface area contributed by atoms with E-state index in [0.717, 1.165) is 0 Å². The van der Waals surface area contributed by atoms with E-state index in [1.165, 1.54) is 11.8 Å². The number of aliphatic carboxylic acids is 1. The van der Waals surface area contributed by atoms with E-state index in [1.54, 1.807) is 0 Å². The van der Waals surface area contributed by atoms with Gasteiger partial charge in [0.05, 0.1) is 6.54 Å². The van der Waals surface area contributed by atoms with E-state index in [1.807, 2.05) is 0 Å². The standard InChI is InChI=1S/C9H15N3O3S/c1-2-3-11-9(15)12-4-5-16-6-7(10)8(13)14/h1,7H,3-6,10H2,(H,13,14)(H2,11,12,15)/t7-/m0/s1. The van der Waals surface area contributed by atoms with Crippen LogP contribution in [0.3, 0.4) is 0 Å². The van der Waals surface area contributed by atoms with Gasteiger partial charge in [0.15, 0.2) is 0 Å². The number of hydrogen-bond acceptors (Lipinski definition) is 4. The van der Waals surface area contributed by atoms with Crippen molar-refractivity contribution in [1.82, 2.24) is 10.6 Å². The largest absolute Gasteiger partial charge is 0.480 e. The molecule has 0 radical (unpaired) electrons. The quantitative estimate of drug-likeness (QED) is 0.342. The zero-order valence-corrected chi connectivity index (χ0v) is 9.55. The summed E-state index contributed by atoms with van der Waals surface area (Å²) in [6, 6.07) is -1.19. The maximum Gasteiger partial charge on any atom is 0.321 e. The average Bonchev–Trinajstić information content (AvgIpc) is 2.25. The Balaban J connectivity index is 3.37. The highest BCUT2D eigenvalue weighted by molar-refractivity contribution is 7.99. The van der Waals surface area contributed by atoms with Gasteiger partial charge >= 0.3 is 12.0 Å². The third-order valence-electron chi connectivity index (χ3n) is 1.50. The molecule has 0 aliphatic carbocycles. The first-order chi connectivity index (χ1) is 7.57. The number of thioether (sulfide) groups is 1. The molecule has 6 nitrogen and oxygen atoms in total. The van der Waals surface area contributed by atoms with Crippen molar-refractivity contribution in [3.05, 3.63) is 0 Å².